The minimum Gasteiger partial charge on any atom is -0.465 e. The Hall–Kier alpha value is -1.43. The summed E-state index contributed by atoms with van der Waals surface area (Å²) in [5.41, 5.74) is 0.591. The van der Waals surface area contributed by atoms with Gasteiger partial charge in [-0.1, -0.05) is 37.0 Å². The first kappa shape index (κ1) is 15.0. The van der Waals surface area contributed by atoms with Crippen molar-refractivity contribution in [1.82, 2.24) is 4.98 Å². The van der Waals surface area contributed by atoms with Crippen molar-refractivity contribution in [2.24, 2.45) is 5.92 Å². The third-order valence-electron chi connectivity index (χ3n) is 3.67. The van der Waals surface area contributed by atoms with Crippen molar-refractivity contribution in [2.45, 2.75) is 45.4 Å². The molecule has 1 aliphatic carbocycles. The van der Waals surface area contributed by atoms with Crippen molar-refractivity contribution in [3.8, 4) is 0 Å². The summed E-state index contributed by atoms with van der Waals surface area (Å²) in [4.78, 5) is 28.0. The molecule has 1 N–H and O–H groups in total. The van der Waals surface area contributed by atoms with Crippen LogP contribution in [0.15, 0.2) is 0 Å². The predicted octanol–water partition coefficient (Wildman–Crippen LogP) is 3.15. The highest BCUT2D eigenvalue weighted by molar-refractivity contribution is 7.17. The van der Waals surface area contributed by atoms with Gasteiger partial charge in [-0.2, -0.15) is 0 Å². The molecule has 0 aromatic carbocycles. The molecule has 0 atom stereocenters. The van der Waals surface area contributed by atoms with Crippen LogP contribution in [0.2, 0.25) is 0 Å². The summed E-state index contributed by atoms with van der Waals surface area (Å²) >= 11 is 1.16. The maximum absolute atomic E-state index is 11.9. The van der Waals surface area contributed by atoms with Crippen molar-refractivity contribution in [1.29, 1.82) is 0 Å². The zero-order chi connectivity index (χ0) is 14.5. The molecule has 0 saturated heterocycles. The lowest BCUT2D eigenvalue weighted by atomic mass is 10.0. The van der Waals surface area contributed by atoms with E-state index in [4.69, 9.17) is 0 Å². The quantitative estimate of drug-likeness (QED) is 0.847. The van der Waals surface area contributed by atoms with Crippen molar-refractivity contribution in [2.75, 3.05) is 12.4 Å². The molecule has 0 bridgehead atoms. The number of carbonyl (C=O) groups is 2. The molecule has 1 fully saturated rings. The molecular formula is C14H20N2O3S. The van der Waals surface area contributed by atoms with Crippen molar-refractivity contribution in [3.05, 3.63) is 10.6 Å². The number of rotatable bonds is 5. The molecule has 0 unspecified atom stereocenters. The molecule has 1 aliphatic rings. The number of aromatic nitrogens is 1. The molecule has 1 aromatic rings. The first-order chi connectivity index (χ1) is 9.60. The minimum absolute atomic E-state index is 0.0259. The van der Waals surface area contributed by atoms with Crippen LogP contribution in [0.1, 0.15) is 53.9 Å². The maximum atomic E-state index is 11.9. The monoisotopic (exact) mass is 296 g/mol. The van der Waals surface area contributed by atoms with Crippen LogP contribution in [0.25, 0.3) is 0 Å². The number of hydrogen-bond donors (Lipinski definition) is 1. The van der Waals surface area contributed by atoms with Gasteiger partial charge in [0.15, 0.2) is 5.13 Å². The third-order valence-corrected chi connectivity index (χ3v) is 4.72. The summed E-state index contributed by atoms with van der Waals surface area (Å²) in [6, 6.07) is 0. The maximum Gasteiger partial charge on any atom is 0.350 e. The number of aryl methyl sites for hydroxylation is 1. The molecule has 2 rings (SSSR count). The van der Waals surface area contributed by atoms with E-state index in [9.17, 15) is 9.59 Å². The second kappa shape index (κ2) is 6.83. The Balaban J connectivity index is 1.86. The van der Waals surface area contributed by atoms with Crippen molar-refractivity contribution < 1.29 is 14.3 Å². The lowest BCUT2D eigenvalue weighted by molar-refractivity contribution is -0.116. The molecule has 1 amide bonds. The Labute approximate surface area is 122 Å². The fourth-order valence-corrected chi connectivity index (χ4v) is 3.45. The molecule has 6 heteroatoms. The van der Waals surface area contributed by atoms with Crippen molar-refractivity contribution >= 4 is 28.3 Å². The van der Waals surface area contributed by atoms with Gasteiger partial charge in [0, 0.05) is 6.42 Å². The van der Waals surface area contributed by atoms with Gasteiger partial charge in [0.1, 0.15) is 4.88 Å². The van der Waals surface area contributed by atoms with Gasteiger partial charge in [-0.3, -0.25) is 4.79 Å². The van der Waals surface area contributed by atoms with Gasteiger partial charge in [0.25, 0.3) is 0 Å². The van der Waals surface area contributed by atoms with Crippen LogP contribution in [-0.4, -0.2) is 24.0 Å². The van der Waals surface area contributed by atoms with Gasteiger partial charge < -0.3 is 10.1 Å². The zero-order valence-corrected chi connectivity index (χ0v) is 12.7. The van der Waals surface area contributed by atoms with E-state index in [0.29, 0.717) is 28.0 Å². The molecule has 110 valence electrons. The average Bonchev–Trinajstić information content (AvgIpc) is 3.05. The van der Waals surface area contributed by atoms with E-state index in [1.807, 2.05) is 0 Å². The third kappa shape index (κ3) is 3.79. The predicted molar refractivity (Wildman–Crippen MR) is 78.0 cm³/mol. The normalized spacial score (nSPS) is 15.3. The van der Waals surface area contributed by atoms with Gasteiger partial charge >= 0.3 is 5.97 Å². The van der Waals surface area contributed by atoms with Gasteiger partial charge in [-0.25, -0.2) is 9.78 Å². The van der Waals surface area contributed by atoms with E-state index >= 15 is 0 Å². The summed E-state index contributed by atoms with van der Waals surface area (Å²) in [5.74, 6) is 0.262. The van der Waals surface area contributed by atoms with Gasteiger partial charge in [-0.05, 0) is 19.3 Å². The second-order valence-electron chi connectivity index (χ2n) is 5.16. The topological polar surface area (TPSA) is 68.3 Å². The summed E-state index contributed by atoms with van der Waals surface area (Å²) < 4.78 is 4.67. The summed E-state index contributed by atoms with van der Waals surface area (Å²) in [5, 5.41) is 3.24. The van der Waals surface area contributed by atoms with Crippen LogP contribution < -0.4 is 5.32 Å². The molecule has 20 heavy (non-hydrogen) atoms. The molecule has 1 heterocycles. The summed E-state index contributed by atoms with van der Waals surface area (Å²) in [7, 11) is 1.33. The first-order valence-electron chi connectivity index (χ1n) is 6.95. The number of methoxy groups -OCH3 is 1. The summed E-state index contributed by atoms with van der Waals surface area (Å²) in [6.07, 6.45) is 6.55. The SMILES string of the molecule is COC(=O)c1sc(NC(=O)CCC2CCCC2)nc1C. The Morgan fingerprint density at radius 3 is 2.75 bits per heavy atom. The highest BCUT2D eigenvalue weighted by atomic mass is 32.1. The number of amides is 1. The number of anilines is 1. The second-order valence-corrected chi connectivity index (χ2v) is 6.16. The standard InChI is InChI=1S/C14H20N2O3S/c1-9-12(13(18)19-2)20-14(15-9)16-11(17)8-7-10-5-3-4-6-10/h10H,3-8H2,1-2H3,(H,15,16,17). The van der Waals surface area contributed by atoms with Crippen molar-refractivity contribution in [3.63, 3.8) is 0 Å². The number of carbonyl (C=O) groups excluding carboxylic acids is 2. The van der Waals surface area contributed by atoms with E-state index in [2.05, 4.69) is 15.0 Å². The van der Waals surface area contributed by atoms with E-state index in [1.165, 1.54) is 32.8 Å². The lowest BCUT2D eigenvalue weighted by Crippen LogP contribution is -2.12. The minimum atomic E-state index is -0.411. The lowest BCUT2D eigenvalue weighted by Gasteiger charge is -2.07. The van der Waals surface area contributed by atoms with Crippen LogP contribution in [0.4, 0.5) is 5.13 Å². The van der Waals surface area contributed by atoms with Gasteiger partial charge in [0.05, 0.1) is 12.8 Å². The number of ether oxygens (including phenoxy) is 1. The number of nitrogens with zero attached hydrogens (tertiary/aromatic N) is 1. The number of nitrogens with one attached hydrogen (secondary N) is 1. The molecule has 1 saturated carbocycles. The largest absolute Gasteiger partial charge is 0.465 e. The Bertz CT molecular complexity index is 493. The molecule has 1 aromatic heterocycles. The fraction of sp³-hybridized carbons (Fsp3) is 0.643. The number of hydrogen-bond acceptors (Lipinski definition) is 5. The molecule has 0 spiro atoms. The fourth-order valence-electron chi connectivity index (χ4n) is 2.55. The highest BCUT2D eigenvalue weighted by Crippen LogP contribution is 2.29. The molecule has 0 aliphatic heterocycles. The average molecular weight is 296 g/mol. The highest BCUT2D eigenvalue weighted by Gasteiger charge is 2.19. The van der Waals surface area contributed by atoms with E-state index < -0.39 is 5.97 Å². The molecular weight excluding hydrogens is 276 g/mol. The van der Waals surface area contributed by atoms with Crippen LogP contribution in [0.3, 0.4) is 0 Å². The van der Waals surface area contributed by atoms with Crippen LogP contribution in [0.5, 0.6) is 0 Å². The van der Waals surface area contributed by atoms with Crippen LogP contribution in [-0.2, 0) is 9.53 Å². The Kier molecular flexibility index (Phi) is 5.11. The van der Waals surface area contributed by atoms with Crippen LogP contribution in [0, 0.1) is 12.8 Å². The Morgan fingerprint density at radius 1 is 1.40 bits per heavy atom. The van der Waals surface area contributed by atoms with E-state index in [0.717, 1.165) is 17.8 Å². The molecule has 0 radical (unpaired) electrons. The van der Waals surface area contributed by atoms with E-state index in [1.54, 1.807) is 6.92 Å². The zero-order valence-electron chi connectivity index (χ0n) is 11.9. The number of thiazole rings is 1. The Morgan fingerprint density at radius 2 is 2.10 bits per heavy atom. The molecule has 5 nitrogen and oxygen atoms in total. The number of esters is 1. The smallest absolute Gasteiger partial charge is 0.350 e. The van der Waals surface area contributed by atoms with Gasteiger partial charge in [0.2, 0.25) is 5.91 Å². The summed E-state index contributed by atoms with van der Waals surface area (Å²) in [6.45, 7) is 1.73. The van der Waals surface area contributed by atoms with Crippen LogP contribution >= 0.6 is 11.3 Å². The van der Waals surface area contributed by atoms with E-state index in [-0.39, 0.29) is 5.91 Å². The first-order valence-corrected chi connectivity index (χ1v) is 7.77. The van der Waals surface area contributed by atoms with Gasteiger partial charge in [-0.15, -0.1) is 0 Å².